The first-order valence-corrected chi connectivity index (χ1v) is 14.2. The summed E-state index contributed by atoms with van der Waals surface area (Å²) in [6.45, 7) is 15.5. The van der Waals surface area contributed by atoms with E-state index in [0.717, 1.165) is 59.7 Å². The fraction of sp³-hybridized carbons (Fsp3) is 0.455. The Balaban J connectivity index is 1.79. The largest absolute Gasteiger partial charge is 0.492 e. The normalized spacial score (nSPS) is 15.5. The maximum absolute atomic E-state index is 13.9. The second-order valence-electron chi connectivity index (χ2n) is 11.9. The van der Waals surface area contributed by atoms with Crippen LogP contribution >= 0.6 is 0 Å². The van der Waals surface area contributed by atoms with Crippen LogP contribution in [0.5, 0.6) is 5.75 Å². The molecular weight excluding hydrogens is 498 g/mol. The Bertz CT molecular complexity index is 1370. The highest BCUT2D eigenvalue weighted by Crippen LogP contribution is 2.46. The number of nitrogens with two attached hydrogens (primary N) is 2. The van der Waals surface area contributed by atoms with E-state index in [0.29, 0.717) is 12.3 Å². The molecule has 0 saturated carbocycles. The summed E-state index contributed by atoms with van der Waals surface area (Å²) in [5.41, 5.74) is 14.1. The molecule has 0 radical (unpaired) electrons. The van der Waals surface area contributed by atoms with Gasteiger partial charge in [0, 0.05) is 61.9 Å². The lowest BCUT2D eigenvalue weighted by Crippen LogP contribution is -2.36. The molecule has 4 rings (SSSR count). The summed E-state index contributed by atoms with van der Waals surface area (Å²) in [5.74, 6) is 7.01. The van der Waals surface area contributed by atoms with Crippen LogP contribution in [-0.2, 0) is 17.9 Å². The van der Waals surface area contributed by atoms with Gasteiger partial charge in [0.05, 0.1) is 11.4 Å². The number of ketones is 1. The summed E-state index contributed by atoms with van der Waals surface area (Å²) >= 11 is 0. The molecule has 0 spiro atoms. The Labute approximate surface area is 239 Å². The highest BCUT2D eigenvalue weighted by Gasteiger charge is 2.41. The van der Waals surface area contributed by atoms with Crippen molar-refractivity contribution < 1.29 is 9.53 Å². The van der Waals surface area contributed by atoms with E-state index in [-0.39, 0.29) is 17.6 Å². The zero-order valence-electron chi connectivity index (χ0n) is 25.1. The molecule has 40 heavy (non-hydrogen) atoms. The van der Waals surface area contributed by atoms with E-state index in [2.05, 4.69) is 61.8 Å². The van der Waals surface area contributed by atoms with Crippen LogP contribution in [0.15, 0.2) is 48.8 Å². The molecule has 4 N–H and O–H groups in total. The number of benzene rings is 2. The number of carbonyl (C=O) groups excluding carboxylic acids is 1. The first kappa shape index (κ1) is 29.6. The smallest absolute Gasteiger partial charge is 0.142 e. The third kappa shape index (κ3) is 5.86. The third-order valence-electron chi connectivity index (χ3n) is 8.66. The summed E-state index contributed by atoms with van der Waals surface area (Å²) in [5, 5.41) is 1.54. The van der Waals surface area contributed by atoms with Crippen molar-refractivity contribution in [3.8, 4) is 5.75 Å². The Morgan fingerprint density at radius 1 is 1.20 bits per heavy atom. The SMILES string of the molecule is CCC(C)C(=O)C(C)(C)C(c1ccc(C)c(CN2CCOc3ccncc3C2)c1)c1ccc(N(C)N)c(N)c1C. The van der Waals surface area contributed by atoms with Gasteiger partial charge >= 0.3 is 0 Å². The van der Waals surface area contributed by atoms with Crippen LogP contribution in [0.25, 0.3) is 0 Å². The number of anilines is 2. The number of hydrogen-bond acceptors (Lipinski definition) is 7. The molecule has 1 aliphatic rings. The number of fused-ring (bicyclic) bond motifs is 1. The Kier molecular flexibility index (Phi) is 8.86. The number of aromatic nitrogens is 1. The average Bonchev–Trinajstić information content (AvgIpc) is 3.13. The molecule has 1 aromatic heterocycles. The minimum Gasteiger partial charge on any atom is -0.492 e. The third-order valence-corrected chi connectivity index (χ3v) is 8.66. The molecule has 2 atom stereocenters. The van der Waals surface area contributed by atoms with Crippen molar-refractivity contribution in [3.05, 3.63) is 82.2 Å². The summed E-state index contributed by atoms with van der Waals surface area (Å²) in [6, 6.07) is 12.7. The van der Waals surface area contributed by atoms with Crippen LogP contribution in [0.3, 0.4) is 0 Å². The predicted octanol–water partition coefficient (Wildman–Crippen LogP) is 5.76. The van der Waals surface area contributed by atoms with E-state index in [1.165, 1.54) is 11.1 Å². The molecule has 2 heterocycles. The van der Waals surface area contributed by atoms with Gasteiger partial charge in [-0.3, -0.25) is 14.7 Å². The van der Waals surface area contributed by atoms with Crippen molar-refractivity contribution in [3.63, 3.8) is 0 Å². The van der Waals surface area contributed by atoms with Gasteiger partial charge in [-0.1, -0.05) is 52.0 Å². The van der Waals surface area contributed by atoms with Gasteiger partial charge in [0.25, 0.3) is 0 Å². The number of Topliss-reactive ketones (excluding diaryl/α,β-unsaturated/α-hetero) is 1. The van der Waals surface area contributed by atoms with E-state index in [4.69, 9.17) is 16.3 Å². The van der Waals surface area contributed by atoms with Crippen LogP contribution in [0, 0.1) is 25.2 Å². The van der Waals surface area contributed by atoms with Crippen molar-refractivity contribution in [1.82, 2.24) is 9.88 Å². The van der Waals surface area contributed by atoms with Gasteiger partial charge in [-0.2, -0.15) is 0 Å². The van der Waals surface area contributed by atoms with Crippen molar-refractivity contribution >= 4 is 17.2 Å². The fourth-order valence-corrected chi connectivity index (χ4v) is 5.99. The zero-order chi connectivity index (χ0) is 29.2. The number of rotatable bonds is 9. The maximum Gasteiger partial charge on any atom is 0.142 e. The van der Waals surface area contributed by atoms with Crippen LogP contribution in [0.4, 0.5) is 11.4 Å². The molecule has 0 saturated heterocycles. The summed E-state index contributed by atoms with van der Waals surface area (Å²) in [4.78, 5) is 20.6. The molecule has 0 fully saturated rings. The second-order valence-corrected chi connectivity index (χ2v) is 11.9. The van der Waals surface area contributed by atoms with Gasteiger partial charge in [0.1, 0.15) is 18.1 Å². The molecule has 3 aromatic rings. The summed E-state index contributed by atoms with van der Waals surface area (Å²) in [6.07, 6.45) is 4.47. The quantitative estimate of drug-likeness (QED) is 0.201. The van der Waals surface area contributed by atoms with Crippen LogP contribution in [-0.4, -0.2) is 35.9 Å². The van der Waals surface area contributed by atoms with Gasteiger partial charge in [-0.15, -0.1) is 0 Å². The molecule has 7 nitrogen and oxygen atoms in total. The molecule has 0 bridgehead atoms. The number of ether oxygens (including phenoxy) is 1. The minimum atomic E-state index is -0.656. The molecule has 214 valence electrons. The highest BCUT2D eigenvalue weighted by atomic mass is 16.5. The van der Waals surface area contributed by atoms with Crippen molar-refractivity contribution in [2.75, 3.05) is 30.9 Å². The number of nitrogens with zero attached hydrogens (tertiary/aromatic N) is 3. The lowest BCUT2D eigenvalue weighted by molar-refractivity contribution is -0.131. The second kappa shape index (κ2) is 12.0. The lowest BCUT2D eigenvalue weighted by atomic mass is 9.65. The topological polar surface area (TPSA) is 97.7 Å². The number of hydrogen-bond donors (Lipinski definition) is 2. The zero-order valence-corrected chi connectivity index (χ0v) is 25.1. The summed E-state index contributed by atoms with van der Waals surface area (Å²) < 4.78 is 5.98. The minimum absolute atomic E-state index is 0.0414. The van der Waals surface area contributed by atoms with E-state index in [9.17, 15) is 4.79 Å². The number of pyridine rings is 1. The van der Waals surface area contributed by atoms with Gasteiger partial charge in [-0.25, -0.2) is 5.84 Å². The van der Waals surface area contributed by atoms with Gasteiger partial charge in [0.15, 0.2) is 0 Å². The number of nitrogen functional groups attached to an aromatic ring is 1. The van der Waals surface area contributed by atoms with E-state index in [1.54, 1.807) is 18.3 Å². The van der Waals surface area contributed by atoms with E-state index < -0.39 is 5.41 Å². The number of hydrazine groups is 1. The summed E-state index contributed by atoms with van der Waals surface area (Å²) in [7, 11) is 1.78. The highest BCUT2D eigenvalue weighted by molar-refractivity contribution is 5.88. The molecule has 1 aliphatic heterocycles. The Morgan fingerprint density at radius 2 is 1.95 bits per heavy atom. The van der Waals surface area contributed by atoms with Crippen LogP contribution in [0.1, 0.15) is 73.4 Å². The lowest BCUT2D eigenvalue weighted by Gasteiger charge is -2.37. The first-order chi connectivity index (χ1) is 18.9. The van der Waals surface area contributed by atoms with E-state index >= 15 is 0 Å². The molecular formula is C33H45N5O2. The predicted molar refractivity (Wildman–Crippen MR) is 163 cm³/mol. The Hall–Kier alpha value is -3.42. The molecule has 0 aliphatic carbocycles. The van der Waals surface area contributed by atoms with Crippen molar-refractivity contribution in [1.29, 1.82) is 0 Å². The van der Waals surface area contributed by atoms with Gasteiger partial charge in [0.2, 0.25) is 0 Å². The molecule has 2 unspecified atom stereocenters. The monoisotopic (exact) mass is 543 g/mol. The van der Waals surface area contributed by atoms with Crippen LogP contribution < -0.4 is 21.3 Å². The standard InChI is InChI=1S/C33H45N5O2/c1-8-21(2)32(39)33(5,6)30(27-11-12-28(37(7)35)31(34)23(27)4)24-10-9-22(3)25(17-24)19-38-15-16-40-29-13-14-36-18-26(29)20-38/h9-14,17-18,21,30H,8,15-16,19-20,34-35H2,1-7H3. The number of aryl methyl sites for hydroxylation is 1. The van der Waals surface area contributed by atoms with Gasteiger partial charge in [-0.05, 0) is 60.2 Å². The average molecular weight is 544 g/mol. The number of carbonyl (C=O) groups is 1. The van der Waals surface area contributed by atoms with Crippen molar-refractivity contribution in [2.24, 2.45) is 17.2 Å². The molecule has 2 aromatic carbocycles. The van der Waals surface area contributed by atoms with Crippen LogP contribution in [0.2, 0.25) is 0 Å². The first-order valence-electron chi connectivity index (χ1n) is 14.2. The molecule has 0 amide bonds. The van der Waals surface area contributed by atoms with E-state index in [1.807, 2.05) is 32.2 Å². The van der Waals surface area contributed by atoms with Crippen molar-refractivity contribution in [2.45, 2.75) is 67.0 Å². The fourth-order valence-electron chi connectivity index (χ4n) is 5.99. The molecule has 7 heteroatoms. The maximum atomic E-state index is 13.9. The Morgan fingerprint density at radius 3 is 2.65 bits per heavy atom. The van der Waals surface area contributed by atoms with Gasteiger partial charge < -0.3 is 15.5 Å².